The van der Waals surface area contributed by atoms with Gasteiger partial charge in [0, 0.05) is 6.04 Å². The molecule has 0 aromatic heterocycles. The molecule has 1 aromatic rings. The highest BCUT2D eigenvalue weighted by Gasteiger charge is 2.39. The van der Waals surface area contributed by atoms with Gasteiger partial charge in [0.15, 0.2) is 9.84 Å². The zero-order valence-corrected chi connectivity index (χ0v) is 13.7. The Kier molecular flexibility index (Phi) is 4.74. The van der Waals surface area contributed by atoms with Crippen molar-refractivity contribution >= 4 is 27.3 Å². The molecule has 2 amide bonds. The third kappa shape index (κ3) is 4.07. The maximum Gasteiger partial charge on any atom is 0.239 e. The predicted molar refractivity (Wildman–Crippen MR) is 84.0 cm³/mol. The van der Waals surface area contributed by atoms with Crippen LogP contribution in [0.15, 0.2) is 24.3 Å². The number of anilines is 1. The summed E-state index contributed by atoms with van der Waals surface area (Å²) < 4.78 is 36.4. The Labute approximate surface area is 134 Å². The lowest BCUT2D eigenvalue weighted by molar-refractivity contribution is -0.138. The first kappa shape index (κ1) is 17.4. The zero-order chi connectivity index (χ0) is 17.3. The average Bonchev–Trinajstić information content (AvgIpc) is 2.80. The Bertz CT molecular complexity index is 731. The topological polar surface area (TPSA) is 92.3 Å². The molecule has 0 aliphatic carbocycles. The average molecular weight is 342 g/mol. The standard InChI is InChI=1S/C15H19FN2O4S/c1-15(2,13(19)17-10-7-8-23(21,22)9-10)14(20)18-12-6-4-3-5-11(12)16/h3-6,10H,7-9H2,1-2H3,(H,17,19)(H,18,20). The first-order valence-electron chi connectivity index (χ1n) is 7.19. The summed E-state index contributed by atoms with van der Waals surface area (Å²) in [4.78, 5) is 24.6. The summed E-state index contributed by atoms with van der Waals surface area (Å²) in [5.74, 6) is -1.95. The van der Waals surface area contributed by atoms with Crippen molar-refractivity contribution in [1.82, 2.24) is 5.32 Å². The molecule has 0 saturated carbocycles. The van der Waals surface area contributed by atoms with Crippen molar-refractivity contribution in [2.75, 3.05) is 16.8 Å². The first-order valence-corrected chi connectivity index (χ1v) is 9.01. The molecule has 6 nitrogen and oxygen atoms in total. The molecule has 1 atom stereocenters. The largest absolute Gasteiger partial charge is 0.351 e. The van der Waals surface area contributed by atoms with E-state index < -0.39 is 38.9 Å². The van der Waals surface area contributed by atoms with Gasteiger partial charge in [-0.1, -0.05) is 12.1 Å². The van der Waals surface area contributed by atoms with E-state index in [0.717, 1.165) is 0 Å². The quantitative estimate of drug-likeness (QED) is 0.801. The monoisotopic (exact) mass is 342 g/mol. The van der Waals surface area contributed by atoms with E-state index in [2.05, 4.69) is 10.6 Å². The van der Waals surface area contributed by atoms with E-state index in [4.69, 9.17) is 0 Å². The molecule has 1 aliphatic heterocycles. The van der Waals surface area contributed by atoms with Gasteiger partial charge in [0.2, 0.25) is 11.8 Å². The Morgan fingerprint density at radius 1 is 1.22 bits per heavy atom. The van der Waals surface area contributed by atoms with E-state index in [-0.39, 0.29) is 17.2 Å². The number of sulfone groups is 1. The minimum Gasteiger partial charge on any atom is -0.351 e. The van der Waals surface area contributed by atoms with Crippen LogP contribution in [0.4, 0.5) is 10.1 Å². The molecule has 1 fully saturated rings. The minimum absolute atomic E-state index is 0.0122. The normalized spacial score (nSPS) is 20.0. The van der Waals surface area contributed by atoms with Crippen molar-refractivity contribution in [3.05, 3.63) is 30.1 Å². The Hall–Kier alpha value is -1.96. The van der Waals surface area contributed by atoms with Crippen LogP contribution in [0.1, 0.15) is 20.3 Å². The molecule has 1 heterocycles. The maximum absolute atomic E-state index is 13.6. The Morgan fingerprint density at radius 3 is 2.43 bits per heavy atom. The molecule has 0 bridgehead atoms. The second-order valence-electron chi connectivity index (χ2n) is 6.13. The number of carbonyl (C=O) groups is 2. The van der Waals surface area contributed by atoms with Crippen molar-refractivity contribution in [3.8, 4) is 0 Å². The molecule has 1 saturated heterocycles. The molecule has 1 aliphatic rings. The lowest BCUT2D eigenvalue weighted by Gasteiger charge is -2.24. The van der Waals surface area contributed by atoms with Gasteiger partial charge in [-0.25, -0.2) is 12.8 Å². The summed E-state index contributed by atoms with van der Waals surface area (Å²) in [5, 5.41) is 4.96. The van der Waals surface area contributed by atoms with E-state index in [1.165, 1.54) is 32.0 Å². The molecule has 8 heteroatoms. The number of nitrogens with one attached hydrogen (secondary N) is 2. The van der Waals surface area contributed by atoms with Crippen LogP contribution in [0.5, 0.6) is 0 Å². The summed E-state index contributed by atoms with van der Waals surface area (Å²) in [5.41, 5.74) is -1.48. The van der Waals surface area contributed by atoms with E-state index >= 15 is 0 Å². The molecule has 0 spiro atoms. The van der Waals surface area contributed by atoms with Crippen molar-refractivity contribution < 1.29 is 22.4 Å². The predicted octanol–water partition coefficient (Wildman–Crippen LogP) is 1.09. The van der Waals surface area contributed by atoms with Crippen molar-refractivity contribution in [2.45, 2.75) is 26.3 Å². The first-order chi connectivity index (χ1) is 10.6. The zero-order valence-electron chi connectivity index (χ0n) is 12.9. The number of carbonyl (C=O) groups excluding carboxylic acids is 2. The molecule has 2 rings (SSSR count). The Morgan fingerprint density at radius 2 is 1.87 bits per heavy atom. The molecule has 1 aromatic carbocycles. The van der Waals surface area contributed by atoms with Crippen LogP contribution in [-0.2, 0) is 19.4 Å². The number of rotatable bonds is 4. The van der Waals surface area contributed by atoms with E-state index in [9.17, 15) is 22.4 Å². The van der Waals surface area contributed by atoms with Gasteiger partial charge in [0.05, 0.1) is 17.2 Å². The highest BCUT2D eigenvalue weighted by atomic mass is 32.2. The van der Waals surface area contributed by atoms with Crippen LogP contribution < -0.4 is 10.6 Å². The van der Waals surface area contributed by atoms with Gasteiger partial charge in [-0.3, -0.25) is 9.59 Å². The summed E-state index contributed by atoms with van der Waals surface area (Å²) in [6, 6.07) is 5.16. The number of hydrogen-bond donors (Lipinski definition) is 2. The van der Waals surface area contributed by atoms with Crippen molar-refractivity contribution in [2.24, 2.45) is 5.41 Å². The lowest BCUT2D eigenvalue weighted by atomic mass is 9.90. The van der Waals surface area contributed by atoms with Crippen LogP contribution in [0.25, 0.3) is 0 Å². The number of para-hydroxylation sites is 1. The smallest absolute Gasteiger partial charge is 0.239 e. The van der Waals surface area contributed by atoms with E-state index in [0.29, 0.717) is 6.42 Å². The molecule has 23 heavy (non-hydrogen) atoms. The minimum atomic E-state index is -3.13. The van der Waals surface area contributed by atoms with Crippen LogP contribution in [0.2, 0.25) is 0 Å². The maximum atomic E-state index is 13.6. The van der Waals surface area contributed by atoms with E-state index in [1.807, 2.05) is 0 Å². The second kappa shape index (κ2) is 6.27. The number of benzene rings is 1. The lowest BCUT2D eigenvalue weighted by Crippen LogP contribution is -2.49. The molecular formula is C15H19FN2O4S. The Balaban J connectivity index is 2.03. The van der Waals surface area contributed by atoms with Gasteiger partial charge < -0.3 is 10.6 Å². The molecule has 126 valence electrons. The van der Waals surface area contributed by atoms with Gasteiger partial charge in [0.25, 0.3) is 0 Å². The number of halogens is 1. The fourth-order valence-corrected chi connectivity index (χ4v) is 3.89. The van der Waals surface area contributed by atoms with E-state index in [1.54, 1.807) is 6.07 Å². The summed E-state index contributed by atoms with van der Waals surface area (Å²) in [7, 11) is -3.13. The highest BCUT2D eigenvalue weighted by molar-refractivity contribution is 7.91. The van der Waals surface area contributed by atoms with Gasteiger partial charge in [0.1, 0.15) is 11.2 Å². The van der Waals surface area contributed by atoms with Gasteiger partial charge >= 0.3 is 0 Å². The summed E-state index contributed by atoms with van der Waals surface area (Å²) >= 11 is 0. The van der Waals surface area contributed by atoms with Crippen LogP contribution in [0, 0.1) is 11.2 Å². The van der Waals surface area contributed by atoms with Gasteiger partial charge in [-0.15, -0.1) is 0 Å². The SMILES string of the molecule is CC(C)(C(=O)Nc1ccccc1F)C(=O)NC1CCS(=O)(=O)C1. The second-order valence-corrected chi connectivity index (χ2v) is 8.36. The molecule has 0 radical (unpaired) electrons. The highest BCUT2D eigenvalue weighted by Crippen LogP contribution is 2.22. The fraction of sp³-hybridized carbons (Fsp3) is 0.467. The van der Waals surface area contributed by atoms with Crippen molar-refractivity contribution in [1.29, 1.82) is 0 Å². The van der Waals surface area contributed by atoms with Crippen molar-refractivity contribution in [3.63, 3.8) is 0 Å². The summed E-state index contributed by atoms with van der Waals surface area (Å²) in [6.45, 7) is 2.81. The van der Waals surface area contributed by atoms with Crippen LogP contribution >= 0.6 is 0 Å². The third-order valence-electron chi connectivity index (χ3n) is 3.83. The number of hydrogen-bond acceptors (Lipinski definition) is 4. The van der Waals surface area contributed by atoms with Crippen LogP contribution in [0.3, 0.4) is 0 Å². The molecular weight excluding hydrogens is 323 g/mol. The van der Waals surface area contributed by atoms with Gasteiger partial charge in [-0.05, 0) is 32.4 Å². The number of amides is 2. The third-order valence-corrected chi connectivity index (χ3v) is 5.59. The fourth-order valence-electron chi connectivity index (χ4n) is 2.22. The van der Waals surface area contributed by atoms with Crippen LogP contribution in [-0.4, -0.2) is 37.8 Å². The molecule has 2 N–H and O–H groups in total. The molecule has 1 unspecified atom stereocenters. The summed E-state index contributed by atoms with van der Waals surface area (Å²) in [6.07, 6.45) is 0.332. The van der Waals surface area contributed by atoms with Gasteiger partial charge in [-0.2, -0.15) is 0 Å².